The van der Waals surface area contributed by atoms with Crippen LogP contribution >= 0.6 is 24.0 Å². The monoisotopic (exact) mass is 480 g/mol. The molecule has 0 saturated carbocycles. The van der Waals surface area contributed by atoms with Gasteiger partial charge < -0.3 is 16.0 Å². The van der Waals surface area contributed by atoms with Crippen molar-refractivity contribution in [3.8, 4) is 0 Å². The van der Waals surface area contributed by atoms with Gasteiger partial charge in [-0.25, -0.2) is 4.79 Å². The zero-order valence-corrected chi connectivity index (χ0v) is 18.5. The number of amides is 3. The molecule has 0 spiro atoms. The van der Waals surface area contributed by atoms with Crippen LogP contribution in [-0.4, -0.2) is 79.0 Å². The zero-order chi connectivity index (χ0) is 18.3. The van der Waals surface area contributed by atoms with Gasteiger partial charge in [-0.05, 0) is 46.7 Å². The van der Waals surface area contributed by atoms with Crippen molar-refractivity contribution in [1.29, 1.82) is 0 Å². The minimum atomic E-state index is -0.319. The van der Waals surface area contributed by atoms with Crippen LogP contribution in [-0.2, 0) is 4.79 Å². The first-order chi connectivity index (χ1) is 11.9. The number of urea groups is 1. The summed E-state index contributed by atoms with van der Waals surface area (Å²) in [6.45, 7) is 11.1. The number of guanidine groups is 1. The summed E-state index contributed by atoms with van der Waals surface area (Å²) < 4.78 is 0. The second-order valence-corrected chi connectivity index (χ2v) is 7.19. The van der Waals surface area contributed by atoms with Crippen molar-refractivity contribution < 1.29 is 9.59 Å². The molecule has 0 bridgehead atoms. The predicted octanol–water partition coefficient (Wildman–Crippen LogP) is 0.976. The van der Waals surface area contributed by atoms with Crippen molar-refractivity contribution in [2.75, 3.05) is 45.8 Å². The van der Waals surface area contributed by atoms with Gasteiger partial charge in [0.1, 0.15) is 0 Å². The minimum Gasteiger partial charge on any atom is -0.357 e. The van der Waals surface area contributed by atoms with Crippen molar-refractivity contribution in [2.45, 2.75) is 45.6 Å². The van der Waals surface area contributed by atoms with E-state index in [2.05, 4.69) is 34.7 Å². The Balaban J connectivity index is 0.00000338. The molecule has 3 amide bonds. The summed E-state index contributed by atoms with van der Waals surface area (Å²) in [5, 5.41) is 8.96. The second-order valence-electron chi connectivity index (χ2n) is 7.19. The number of carbonyl (C=O) groups excluding carboxylic acids is 2. The molecule has 0 aromatic rings. The SMILES string of the molecule is CCNC(=NCC(C)(C)N1CCCCC1)NCCN1C(=O)CNC1=O.I. The van der Waals surface area contributed by atoms with Gasteiger partial charge in [0.25, 0.3) is 0 Å². The number of carbonyl (C=O) groups is 2. The van der Waals surface area contributed by atoms with Crippen LogP contribution in [0.2, 0.25) is 0 Å². The van der Waals surface area contributed by atoms with Gasteiger partial charge in [-0.2, -0.15) is 0 Å². The van der Waals surface area contributed by atoms with Crippen LogP contribution in [0.4, 0.5) is 4.79 Å². The molecule has 0 atom stereocenters. The number of nitrogens with zero attached hydrogens (tertiary/aromatic N) is 3. The van der Waals surface area contributed by atoms with Crippen LogP contribution in [0.25, 0.3) is 0 Å². The highest BCUT2D eigenvalue weighted by Gasteiger charge is 2.29. The Bertz CT molecular complexity index is 489. The summed E-state index contributed by atoms with van der Waals surface area (Å²) in [7, 11) is 0. The fourth-order valence-corrected chi connectivity index (χ4v) is 3.18. The Morgan fingerprint density at radius 1 is 1.19 bits per heavy atom. The van der Waals surface area contributed by atoms with Crippen molar-refractivity contribution in [3.05, 3.63) is 0 Å². The molecule has 0 radical (unpaired) electrons. The molecule has 0 unspecified atom stereocenters. The van der Waals surface area contributed by atoms with E-state index in [0.717, 1.165) is 25.6 Å². The highest BCUT2D eigenvalue weighted by atomic mass is 127. The molecule has 150 valence electrons. The van der Waals surface area contributed by atoms with E-state index in [9.17, 15) is 9.59 Å². The van der Waals surface area contributed by atoms with Gasteiger partial charge in [-0.3, -0.25) is 19.6 Å². The van der Waals surface area contributed by atoms with E-state index in [1.54, 1.807) is 0 Å². The molecule has 0 aromatic heterocycles. The summed E-state index contributed by atoms with van der Waals surface area (Å²) in [5.41, 5.74) is 0.0214. The lowest BCUT2D eigenvalue weighted by Crippen LogP contribution is -2.50. The lowest BCUT2D eigenvalue weighted by Gasteiger charge is -2.40. The molecule has 0 aliphatic carbocycles. The van der Waals surface area contributed by atoms with E-state index < -0.39 is 0 Å². The number of rotatable bonds is 7. The lowest BCUT2D eigenvalue weighted by atomic mass is 9.99. The van der Waals surface area contributed by atoms with Crippen molar-refractivity contribution >= 4 is 41.9 Å². The fraction of sp³-hybridized carbons (Fsp3) is 0.824. The molecule has 2 saturated heterocycles. The van der Waals surface area contributed by atoms with Crippen molar-refractivity contribution in [1.82, 2.24) is 25.8 Å². The summed E-state index contributed by atoms with van der Waals surface area (Å²) in [6, 6.07) is -0.319. The first-order valence-electron chi connectivity index (χ1n) is 9.29. The van der Waals surface area contributed by atoms with Crippen LogP contribution in [0, 0.1) is 0 Å². The summed E-state index contributed by atoms with van der Waals surface area (Å²) in [4.78, 5) is 31.6. The molecule has 2 aliphatic heterocycles. The highest BCUT2D eigenvalue weighted by Crippen LogP contribution is 2.20. The van der Waals surface area contributed by atoms with Crippen LogP contribution < -0.4 is 16.0 Å². The number of likely N-dealkylation sites (tertiary alicyclic amines) is 1. The van der Waals surface area contributed by atoms with Gasteiger partial charge in [0.2, 0.25) is 5.91 Å². The lowest BCUT2D eigenvalue weighted by molar-refractivity contribution is -0.124. The normalized spacial score (nSPS) is 19.2. The molecule has 2 rings (SSSR count). The van der Waals surface area contributed by atoms with Crippen LogP contribution in [0.3, 0.4) is 0 Å². The van der Waals surface area contributed by atoms with E-state index in [4.69, 9.17) is 4.99 Å². The number of piperidine rings is 1. The molecule has 9 heteroatoms. The van der Waals surface area contributed by atoms with Crippen LogP contribution in [0.5, 0.6) is 0 Å². The number of hydrogen-bond donors (Lipinski definition) is 3. The first-order valence-corrected chi connectivity index (χ1v) is 9.29. The van der Waals surface area contributed by atoms with Crippen molar-refractivity contribution in [2.24, 2.45) is 4.99 Å². The maximum atomic E-state index is 11.6. The first kappa shape index (κ1) is 22.9. The number of aliphatic imine (C=N–C) groups is 1. The van der Waals surface area contributed by atoms with Gasteiger partial charge in [0.05, 0.1) is 13.1 Å². The molecule has 3 N–H and O–H groups in total. The molecule has 0 aromatic carbocycles. The zero-order valence-electron chi connectivity index (χ0n) is 16.1. The fourth-order valence-electron chi connectivity index (χ4n) is 3.18. The Labute approximate surface area is 173 Å². The second kappa shape index (κ2) is 10.9. The maximum absolute atomic E-state index is 11.6. The third-order valence-electron chi connectivity index (χ3n) is 4.75. The molecule has 2 aliphatic rings. The van der Waals surface area contributed by atoms with Gasteiger partial charge in [0, 0.05) is 25.2 Å². The standard InChI is InChI=1S/C17H32N6O2.HI/c1-4-18-15(19-8-11-23-14(24)12-20-16(23)25)21-13-17(2,3)22-9-6-5-7-10-22;/h4-13H2,1-3H3,(H,20,25)(H2,18,19,21);1H. The van der Waals surface area contributed by atoms with Gasteiger partial charge >= 0.3 is 6.03 Å². The van der Waals surface area contributed by atoms with Gasteiger partial charge in [0.15, 0.2) is 5.96 Å². The van der Waals surface area contributed by atoms with E-state index in [-0.39, 0.29) is 48.0 Å². The summed E-state index contributed by atoms with van der Waals surface area (Å²) in [5.74, 6) is 0.541. The Morgan fingerprint density at radius 2 is 1.88 bits per heavy atom. The number of nitrogens with one attached hydrogen (secondary N) is 3. The maximum Gasteiger partial charge on any atom is 0.324 e. The largest absolute Gasteiger partial charge is 0.357 e. The van der Waals surface area contributed by atoms with E-state index in [0.29, 0.717) is 19.6 Å². The third kappa shape index (κ3) is 6.57. The number of hydrogen-bond acceptors (Lipinski definition) is 4. The topological polar surface area (TPSA) is 89.1 Å². The van der Waals surface area contributed by atoms with Gasteiger partial charge in [-0.15, -0.1) is 24.0 Å². The summed E-state index contributed by atoms with van der Waals surface area (Å²) >= 11 is 0. The molecule has 26 heavy (non-hydrogen) atoms. The van der Waals surface area contributed by atoms with E-state index >= 15 is 0 Å². The number of halogens is 1. The smallest absolute Gasteiger partial charge is 0.324 e. The third-order valence-corrected chi connectivity index (χ3v) is 4.75. The van der Waals surface area contributed by atoms with Crippen LogP contribution in [0.1, 0.15) is 40.0 Å². The predicted molar refractivity (Wildman–Crippen MR) is 114 cm³/mol. The molecular formula is C17H33IN6O2. The Kier molecular flexibility index (Phi) is 9.62. The highest BCUT2D eigenvalue weighted by molar-refractivity contribution is 14.0. The van der Waals surface area contributed by atoms with Gasteiger partial charge in [-0.1, -0.05) is 6.42 Å². The molecule has 2 fully saturated rings. The Morgan fingerprint density at radius 3 is 2.46 bits per heavy atom. The van der Waals surface area contributed by atoms with E-state index in [1.165, 1.54) is 24.2 Å². The average Bonchev–Trinajstić information content (AvgIpc) is 2.92. The summed E-state index contributed by atoms with van der Waals surface area (Å²) in [6.07, 6.45) is 3.84. The van der Waals surface area contributed by atoms with Crippen molar-refractivity contribution in [3.63, 3.8) is 0 Å². The average molecular weight is 480 g/mol. The molecular weight excluding hydrogens is 447 g/mol. The van der Waals surface area contributed by atoms with Crippen LogP contribution in [0.15, 0.2) is 4.99 Å². The minimum absolute atomic E-state index is 0. The Hall–Kier alpha value is -1.10. The van der Waals surface area contributed by atoms with E-state index in [1.807, 2.05) is 6.92 Å². The molecule has 2 heterocycles. The number of imide groups is 1. The molecule has 8 nitrogen and oxygen atoms in total. The quantitative estimate of drug-likeness (QED) is 0.219.